The molecular weight excluding hydrogens is 226 g/mol. The number of para-hydroxylation sites is 4. The number of hydrogen-bond donors (Lipinski definition) is 0. The van der Waals surface area contributed by atoms with Crippen molar-refractivity contribution >= 4 is 11.4 Å². The van der Waals surface area contributed by atoms with Crippen molar-refractivity contribution < 1.29 is 9.47 Å². The quantitative estimate of drug-likeness (QED) is 0.820. The van der Waals surface area contributed by atoms with Crippen LogP contribution in [0.15, 0.2) is 48.5 Å². The van der Waals surface area contributed by atoms with Gasteiger partial charge in [-0.15, -0.1) is 0 Å². The summed E-state index contributed by atoms with van der Waals surface area (Å²) in [5.74, 6) is 1.68. The SMILES string of the molecule is COc1ccccc1N(C)c1ccccc1OC. The highest BCUT2D eigenvalue weighted by Gasteiger charge is 2.12. The van der Waals surface area contributed by atoms with Gasteiger partial charge in [0.1, 0.15) is 11.5 Å². The normalized spacial score (nSPS) is 9.94. The number of nitrogens with zero attached hydrogens (tertiary/aromatic N) is 1. The van der Waals surface area contributed by atoms with Crippen molar-refractivity contribution in [1.82, 2.24) is 0 Å². The highest BCUT2D eigenvalue weighted by molar-refractivity contribution is 5.72. The summed E-state index contributed by atoms with van der Waals surface area (Å²) in [5.41, 5.74) is 2.01. The molecule has 2 aromatic carbocycles. The third-order valence-corrected chi connectivity index (χ3v) is 2.89. The van der Waals surface area contributed by atoms with Gasteiger partial charge in [0.15, 0.2) is 0 Å². The predicted octanol–water partition coefficient (Wildman–Crippen LogP) is 3.47. The summed E-state index contributed by atoms with van der Waals surface area (Å²) in [4.78, 5) is 2.05. The third-order valence-electron chi connectivity index (χ3n) is 2.89. The first-order valence-electron chi connectivity index (χ1n) is 5.77. The van der Waals surface area contributed by atoms with Crippen LogP contribution in [0, 0.1) is 0 Å². The van der Waals surface area contributed by atoms with E-state index >= 15 is 0 Å². The Balaban J connectivity index is 2.44. The molecule has 0 aliphatic rings. The molecule has 94 valence electrons. The summed E-state index contributed by atoms with van der Waals surface area (Å²) in [5, 5.41) is 0. The molecule has 0 bridgehead atoms. The van der Waals surface area contributed by atoms with E-state index < -0.39 is 0 Å². The standard InChI is InChI=1S/C15H17NO2/c1-16(12-8-4-6-10-14(12)17-2)13-9-5-7-11-15(13)18-3/h4-11H,1-3H3. The Hall–Kier alpha value is -2.16. The van der Waals surface area contributed by atoms with Crippen LogP contribution in [0.5, 0.6) is 11.5 Å². The van der Waals surface area contributed by atoms with Crippen molar-refractivity contribution in [3.63, 3.8) is 0 Å². The largest absolute Gasteiger partial charge is 0.495 e. The van der Waals surface area contributed by atoms with Crippen molar-refractivity contribution in [3.05, 3.63) is 48.5 Å². The van der Waals surface area contributed by atoms with Crippen LogP contribution < -0.4 is 14.4 Å². The van der Waals surface area contributed by atoms with E-state index in [2.05, 4.69) is 4.90 Å². The smallest absolute Gasteiger partial charge is 0.142 e. The summed E-state index contributed by atoms with van der Waals surface area (Å²) >= 11 is 0. The van der Waals surface area contributed by atoms with Gasteiger partial charge >= 0.3 is 0 Å². The first kappa shape index (κ1) is 12.3. The molecule has 0 atom stereocenters. The first-order valence-corrected chi connectivity index (χ1v) is 5.77. The number of hydrogen-bond acceptors (Lipinski definition) is 3. The molecule has 0 aromatic heterocycles. The lowest BCUT2D eigenvalue weighted by Crippen LogP contribution is -2.11. The lowest BCUT2D eigenvalue weighted by molar-refractivity contribution is 0.412. The molecule has 3 nitrogen and oxygen atoms in total. The Bertz CT molecular complexity index is 478. The summed E-state index contributed by atoms with van der Waals surface area (Å²) in [6.45, 7) is 0. The molecule has 0 aliphatic heterocycles. The molecule has 2 rings (SSSR count). The molecule has 18 heavy (non-hydrogen) atoms. The number of benzene rings is 2. The molecule has 0 heterocycles. The number of anilines is 2. The van der Waals surface area contributed by atoms with Crippen LogP contribution >= 0.6 is 0 Å². The molecule has 0 amide bonds. The van der Waals surface area contributed by atoms with E-state index in [-0.39, 0.29) is 0 Å². The van der Waals surface area contributed by atoms with Crippen LogP contribution in [0.25, 0.3) is 0 Å². The van der Waals surface area contributed by atoms with Gasteiger partial charge in [0.05, 0.1) is 25.6 Å². The summed E-state index contributed by atoms with van der Waals surface area (Å²) in [6, 6.07) is 15.8. The van der Waals surface area contributed by atoms with Crippen LogP contribution in [-0.2, 0) is 0 Å². The molecule has 0 unspecified atom stereocenters. The number of ether oxygens (including phenoxy) is 2. The van der Waals surface area contributed by atoms with E-state index in [1.165, 1.54) is 0 Å². The lowest BCUT2D eigenvalue weighted by atomic mass is 10.2. The number of methoxy groups -OCH3 is 2. The van der Waals surface area contributed by atoms with Crippen LogP contribution in [0.2, 0.25) is 0 Å². The van der Waals surface area contributed by atoms with Gasteiger partial charge in [-0.2, -0.15) is 0 Å². The monoisotopic (exact) mass is 243 g/mol. The van der Waals surface area contributed by atoms with Gasteiger partial charge in [-0.05, 0) is 24.3 Å². The van der Waals surface area contributed by atoms with Gasteiger partial charge in [0.2, 0.25) is 0 Å². The van der Waals surface area contributed by atoms with Crippen LogP contribution in [0.3, 0.4) is 0 Å². The third kappa shape index (κ3) is 2.25. The fourth-order valence-electron chi connectivity index (χ4n) is 1.94. The van der Waals surface area contributed by atoms with Crippen LogP contribution in [0.4, 0.5) is 11.4 Å². The molecule has 0 saturated carbocycles. The first-order chi connectivity index (χ1) is 8.77. The van der Waals surface area contributed by atoms with Crippen molar-refractivity contribution in [2.24, 2.45) is 0 Å². The Morgan fingerprint density at radius 2 is 1.11 bits per heavy atom. The minimum absolute atomic E-state index is 0.839. The topological polar surface area (TPSA) is 21.7 Å². The molecule has 0 radical (unpaired) electrons. The number of rotatable bonds is 4. The molecule has 0 N–H and O–H groups in total. The Labute approximate surface area is 108 Å². The predicted molar refractivity (Wildman–Crippen MR) is 74.1 cm³/mol. The second-order valence-electron chi connectivity index (χ2n) is 3.90. The van der Waals surface area contributed by atoms with E-state index in [4.69, 9.17) is 9.47 Å². The average Bonchev–Trinajstić information content (AvgIpc) is 2.46. The van der Waals surface area contributed by atoms with E-state index in [9.17, 15) is 0 Å². The van der Waals surface area contributed by atoms with Crippen LogP contribution in [0.1, 0.15) is 0 Å². The van der Waals surface area contributed by atoms with Crippen molar-refractivity contribution in [3.8, 4) is 11.5 Å². The zero-order valence-electron chi connectivity index (χ0n) is 10.9. The highest BCUT2D eigenvalue weighted by Crippen LogP contribution is 2.36. The van der Waals surface area contributed by atoms with Crippen molar-refractivity contribution in [2.45, 2.75) is 0 Å². The Kier molecular flexibility index (Phi) is 3.72. The summed E-state index contributed by atoms with van der Waals surface area (Å²) < 4.78 is 10.8. The van der Waals surface area contributed by atoms with E-state index in [0.29, 0.717) is 0 Å². The lowest BCUT2D eigenvalue weighted by Gasteiger charge is -2.23. The second-order valence-corrected chi connectivity index (χ2v) is 3.90. The second kappa shape index (κ2) is 5.45. The van der Waals surface area contributed by atoms with Crippen molar-refractivity contribution in [1.29, 1.82) is 0 Å². The maximum Gasteiger partial charge on any atom is 0.142 e. The fourth-order valence-corrected chi connectivity index (χ4v) is 1.94. The van der Waals surface area contributed by atoms with Gasteiger partial charge in [0.25, 0.3) is 0 Å². The van der Waals surface area contributed by atoms with Gasteiger partial charge < -0.3 is 14.4 Å². The Morgan fingerprint density at radius 3 is 1.50 bits per heavy atom. The summed E-state index contributed by atoms with van der Waals surface area (Å²) in [7, 11) is 5.35. The molecule has 3 heteroatoms. The van der Waals surface area contributed by atoms with Gasteiger partial charge in [-0.1, -0.05) is 24.3 Å². The van der Waals surface area contributed by atoms with E-state index in [1.807, 2.05) is 55.6 Å². The molecular formula is C15H17NO2. The molecule has 0 aliphatic carbocycles. The van der Waals surface area contributed by atoms with Gasteiger partial charge in [-0.25, -0.2) is 0 Å². The zero-order chi connectivity index (χ0) is 13.0. The Morgan fingerprint density at radius 1 is 0.722 bits per heavy atom. The maximum atomic E-state index is 5.38. The molecule has 0 spiro atoms. The average molecular weight is 243 g/mol. The maximum absolute atomic E-state index is 5.38. The molecule has 2 aromatic rings. The zero-order valence-corrected chi connectivity index (χ0v) is 10.9. The fraction of sp³-hybridized carbons (Fsp3) is 0.200. The van der Waals surface area contributed by atoms with Crippen LogP contribution in [-0.4, -0.2) is 21.3 Å². The highest BCUT2D eigenvalue weighted by atomic mass is 16.5. The van der Waals surface area contributed by atoms with Crippen molar-refractivity contribution in [2.75, 3.05) is 26.2 Å². The minimum Gasteiger partial charge on any atom is -0.495 e. The van der Waals surface area contributed by atoms with E-state index in [0.717, 1.165) is 22.9 Å². The van der Waals surface area contributed by atoms with E-state index in [1.54, 1.807) is 14.2 Å². The molecule has 0 fully saturated rings. The summed E-state index contributed by atoms with van der Waals surface area (Å²) in [6.07, 6.45) is 0. The van der Waals surface area contributed by atoms with Gasteiger partial charge in [-0.3, -0.25) is 0 Å². The minimum atomic E-state index is 0.839. The van der Waals surface area contributed by atoms with Gasteiger partial charge in [0, 0.05) is 7.05 Å². The molecule has 0 saturated heterocycles.